The Morgan fingerprint density at radius 1 is 1.35 bits per heavy atom. The zero-order valence-electron chi connectivity index (χ0n) is 11.9. The molecule has 0 aliphatic heterocycles. The third-order valence-electron chi connectivity index (χ3n) is 2.76. The summed E-state index contributed by atoms with van der Waals surface area (Å²) < 4.78 is 5.39. The Labute approximate surface area is 125 Å². The number of hydrogen-bond donors (Lipinski definition) is 2. The Kier molecular flexibility index (Phi) is 7.65. The van der Waals surface area contributed by atoms with Crippen LogP contribution in [-0.2, 0) is 4.79 Å². The van der Waals surface area contributed by atoms with Crippen molar-refractivity contribution in [3.05, 3.63) is 24.3 Å². The second-order valence-corrected chi connectivity index (χ2v) is 5.17. The van der Waals surface area contributed by atoms with Crippen LogP contribution in [0.25, 0.3) is 0 Å². The minimum atomic E-state index is 0.0348. The molecule has 5 heteroatoms. The fourth-order valence-electron chi connectivity index (χ4n) is 1.75. The summed E-state index contributed by atoms with van der Waals surface area (Å²) in [5, 5.41) is 2.86. The van der Waals surface area contributed by atoms with Crippen LogP contribution < -0.4 is 15.8 Å². The smallest absolute Gasteiger partial charge is 0.224 e. The Morgan fingerprint density at radius 3 is 2.85 bits per heavy atom. The summed E-state index contributed by atoms with van der Waals surface area (Å²) in [4.78, 5) is 12.1. The van der Waals surface area contributed by atoms with Gasteiger partial charge in [-0.25, -0.2) is 0 Å². The maximum absolute atomic E-state index is 11.8. The first-order chi connectivity index (χ1) is 9.61. The van der Waals surface area contributed by atoms with E-state index in [9.17, 15) is 4.79 Å². The monoisotopic (exact) mass is 294 g/mol. The van der Waals surface area contributed by atoms with Crippen LogP contribution in [0.15, 0.2) is 24.3 Å². The number of amides is 1. The Bertz CT molecular complexity index is 449. The lowest BCUT2D eigenvalue weighted by molar-refractivity contribution is -0.116. The molecule has 0 unspecified atom stereocenters. The van der Waals surface area contributed by atoms with Crippen molar-refractivity contribution in [3.8, 4) is 5.75 Å². The lowest BCUT2D eigenvalue weighted by atomic mass is 10.1. The SMILES string of the molecule is CCCCCCC(=O)Nc1cccc(OCC(N)=S)c1. The van der Waals surface area contributed by atoms with Crippen LogP contribution in [0.3, 0.4) is 0 Å². The van der Waals surface area contributed by atoms with Gasteiger partial charge in [-0.15, -0.1) is 0 Å². The zero-order chi connectivity index (χ0) is 14.8. The molecule has 0 saturated heterocycles. The van der Waals surface area contributed by atoms with Gasteiger partial charge in [0.15, 0.2) is 0 Å². The van der Waals surface area contributed by atoms with E-state index in [-0.39, 0.29) is 12.5 Å². The number of anilines is 1. The molecule has 0 fully saturated rings. The fraction of sp³-hybridized carbons (Fsp3) is 0.467. The maximum atomic E-state index is 11.8. The Balaban J connectivity index is 2.40. The molecule has 0 heterocycles. The van der Waals surface area contributed by atoms with E-state index >= 15 is 0 Å². The molecule has 0 atom stereocenters. The van der Waals surface area contributed by atoms with E-state index in [4.69, 9.17) is 22.7 Å². The van der Waals surface area contributed by atoms with Crippen LogP contribution >= 0.6 is 12.2 Å². The van der Waals surface area contributed by atoms with Gasteiger partial charge in [0, 0.05) is 18.2 Å². The van der Waals surface area contributed by atoms with E-state index in [0.29, 0.717) is 17.2 Å². The van der Waals surface area contributed by atoms with Crippen LogP contribution in [0.1, 0.15) is 39.0 Å². The van der Waals surface area contributed by atoms with Gasteiger partial charge < -0.3 is 15.8 Å². The van der Waals surface area contributed by atoms with Crippen LogP contribution in [0.2, 0.25) is 0 Å². The first-order valence-electron chi connectivity index (χ1n) is 6.93. The standard InChI is InChI=1S/C15H22N2O2S/c1-2-3-4-5-9-15(18)17-12-7-6-8-13(10-12)19-11-14(16)20/h6-8,10H,2-5,9,11H2,1H3,(H2,16,20)(H,17,18). The summed E-state index contributed by atoms with van der Waals surface area (Å²) in [5.74, 6) is 0.675. The van der Waals surface area contributed by atoms with E-state index in [2.05, 4.69) is 12.2 Å². The van der Waals surface area contributed by atoms with Crippen LogP contribution in [0.4, 0.5) is 5.69 Å². The van der Waals surface area contributed by atoms with Gasteiger partial charge in [-0.3, -0.25) is 4.79 Å². The number of unbranched alkanes of at least 4 members (excludes halogenated alkanes) is 3. The van der Waals surface area contributed by atoms with E-state index in [1.54, 1.807) is 12.1 Å². The second kappa shape index (κ2) is 9.31. The lowest BCUT2D eigenvalue weighted by Gasteiger charge is -2.08. The van der Waals surface area contributed by atoms with Gasteiger partial charge in [-0.05, 0) is 18.6 Å². The first-order valence-corrected chi connectivity index (χ1v) is 7.33. The van der Waals surface area contributed by atoms with Crippen molar-refractivity contribution in [3.63, 3.8) is 0 Å². The highest BCUT2D eigenvalue weighted by Gasteiger charge is 2.03. The normalized spacial score (nSPS) is 10.1. The summed E-state index contributed by atoms with van der Waals surface area (Å²) in [7, 11) is 0. The van der Waals surface area contributed by atoms with Crippen molar-refractivity contribution in [1.29, 1.82) is 0 Å². The molecule has 0 aliphatic rings. The van der Waals surface area contributed by atoms with E-state index < -0.39 is 0 Å². The van der Waals surface area contributed by atoms with Gasteiger partial charge in [0.1, 0.15) is 17.3 Å². The average Bonchev–Trinajstić information content (AvgIpc) is 2.42. The maximum Gasteiger partial charge on any atom is 0.224 e. The molecule has 1 aromatic rings. The predicted octanol–water partition coefficient (Wildman–Crippen LogP) is 3.26. The molecule has 3 N–H and O–H groups in total. The molecule has 110 valence electrons. The Morgan fingerprint density at radius 2 is 2.15 bits per heavy atom. The highest BCUT2D eigenvalue weighted by Crippen LogP contribution is 2.17. The number of rotatable bonds is 9. The zero-order valence-corrected chi connectivity index (χ0v) is 12.7. The molecule has 20 heavy (non-hydrogen) atoms. The third-order valence-corrected chi connectivity index (χ3v) is 2.87. The number of benzene rings is 1. The first kappa shape index (κ1) is 16.4. The molecular formula is C15H22N2O2S. The third kappa shape index (κ3) is 7.09. The number of carbonyl (C=O) groups excluding carboxylic acids is 1. The van der Waals surface area contributed by atoms with Crippen molar-refractivity contribution >= 4 is 28.8 Å². The summed E-state index contributed by atoms with van der Waals surface area (Å²) in [6, 6.07) is 7.22. The number of nitrogens with one attached hydrogen (secondary N) is 1. The number of carbonyl (C=O) groups is 1. The molecule has 0 radical (unpaired) electrons. The quantitative estimate of drug-likeness (QED) is 0.542. The largest absolute Gasteiger partial charge is 0.486 e. The molecule has 1 rings (SSSR count). The molecule has 0 saturated carbocycles. The van der Waals surface area contributed by atoms with Gasteiger partial charge in [0.2, 0.25) is 5.91 Å². The lowest BCUT2D eigenvalue weighted by Crippen LogP contribution is -2.18. The second-order valence-electron chi connectivity index (χ2n) is 4.64. The van der Waals surface area contributed by atoms with Crippen LogP contribution in [0, 0.1) is 0 Å². The Hall–Kier alpha value is -1.62. The van der Waals surface area contributed by atoms with Crippen molar-refractivity contribution in [2.75, 3.05) is 11.9 Å². The topological polar surface area (TPSA) is 64.3 Å². The van der Waals surface area contributed by atoms with E-state index in [1.165, 1.54) is 12.8 Å². The van der Waals surface area contributed by atoms with Gasteiger partial charge in [0.25, 0.3) is 0 Å². The van der Waals surface area contributed by atoms with E-state index in [0.717, 1.165) is 18.5 Å². The summed E-state index contributed by atoms with van der Waals surface area (Å²) >= 11 is 4.75. The summed E-state index contributed by atoms with van der Waals surface area (Å²) in [6.07, 6.45) is 4.93. The molecule has 0 aliphatic carbocycles. The highest BCUT2D eigenvalue weighted by atomic mass is 32.1. The molecule has 1 amide bonds. The predicted molar refractivity (Wildman–Crippen MR) is 86.1 cm³/mol. The van der Waals surface area contributed by atoms with Gasteiger partial charge in [0.05, 0.1) is 0 Å². The molecular weight excluding hydrogens is 272 g/mol. The van der Waals surface area contributed by atoms with Gasteiger partial charge in [-0.1, -0.05) is 44.5 Å². The number of ether oxygens (including phenoxy) is 1. The molecule has 0 bridgehead atoms. The number of hydrogen-bond acceptors (Lipinski definition) is 3. The number of thiocarbonyl (C=S) groups is 1. The molecule has 0 aromatic heterocycles. The van der Waals surface area contributed by atoms with Crippen molar-refractivity contribution in [2.45, 2.75) is 39.0 Å². The van der Waals surface area contributed by atoms with E-state index in [1.807, 2.05) is 12.1 Å². The van der Waals surface area contributed by atoms with Crippen LogP contribution in [-0.4, -0.2) is 17.5 Å². The number of nitrogens with two attached hydrogens (primary N) is 1. The van der Waals surface area contributed by atoms with Gasteiger partial charge in [-0.2, -0.15) is 0 Å². The van der Waals surface area contributed by atoms with Crippen LogP contribution in [0.5, 0.6) is 5.75 Å². The van der Waals surface area contributed by atoms with Crippen molar-refractivity contribution < 1.29 is 9.53 Å². The fourth-order valence-corrected chi connectivity index (χ4v) is 1.81. The minimum Gasteiger partial charge on any atom is -0.486 e. The highest BCUT2D eigenvalue weighted by molar-refractivity contribution is 7.80. The van der Waals surface area contributed by atoms with Crippen molar-refractivity contribution in [2.24, 2.45) is 5.73 Å². The molecule has 0 spiro atoms. The summed E-state index contributed by atoms with van der Waals surface area (Å²) in [5.41, 5.74) is 6.10. The van der Waals surface area contributed by atoms with Gasteiger partial charge >= 0.3 is 0 Å². The summed E-state index contributed by atoms with van der Waals surface area (Å²) in [6.45, 7) is 2.35. The molecule has 4 nitrogen and oxygen atoms in total. The van der Waals surface area contributed by atoms with Crippen molar-refractivity contribution in [1.82, 2.24) is 0 Å². The molecule has 1 aromatic carbocycles. The minimum absolute atomic E-state index is 0.0348. The average molecular weight is 294 g/mol.